The molecule has 6 heteroatoms. The molecule has 0 saturated carbocycles. The Bertz CT molecular complexity index is 544. The van der Waals surface area contributed by atoms with E-state index in [0.29, 0.717) is 4.90 Å². The van der Waals surface area contributed by atoms with Crippen LogP contribution in [0.3, 0.4) is 0 Å². The Balaban J connectivity index is 2.15. The molecule has 0 amide bonds. The Kier molecular flexibility index (Phi) is 5.82. The number of rotatable bonds is 6. The number of sulfonamides is 1. The Morgan fingerprint density at radius 3 is 2.62 bits per heavy atom. The number of nitrogens with zero attached hydrogens (tertiary/aromatic N) is 1. The minimum atomic E-state index is -3.35. The lowest BCUT2D eigenvalue weighted by molar-refractivity contribution is 0.204. The highest BCUT2D eigenvalue weighted by Gasteiger charge is 2.36. The number of hydrogen-bond acceptors (Lipinski definition) is 4. The van der Waals surface area contributed by atoms with Crippen molar-refractivity contribution in [3.63, 3.8) is 0 Å². The zero-order valence-corrected chi connectivity index (χ0v) is 14.8. The Morgan fingerprint density at radius 1 is 1.33 bits per heavy atom. The number of piperidine rings is 1. The van der Waals surface area contributed by atoms with Crippen LogP contribution in [-0.4, -0.2) is 31.4 Å². The van der Waals surface area contributed by atoms with Crippen molar-refractivity contribution >= 4 is 21.4 Å². The van der Waals surface area contributed by atoms with Gasteiger partial charge < -0.3 is 5.32 Å². The molecule has 2 rings (SSSR count). The summed E-state index contributed by atoms with van der Waals surface area (Å²) in [5.74, 6) is 0. The summed E-state index contributed by atoms with van der Waals surface area (Å²) in [5.41, 5.74) is 0. The summed E-state index contributed by atoms with van der Waals surface area (Å²) in [6.07, 6.45) is 4.11. The van der Waals surface area contributed by atoms with Crippen molar-refractivity contribution in [1.29, 1.82) is 0 Å². The van der Waals surface area contributed by atoms with Gasteiger partial charge in [-0.2, -0.15) is 4.31 Å². The van der Waals surface area contributed by atoms with Gasteiger partial charge in [-0.25, -0.2) is 8.42 Å². The Morgan fingerprint density at radius 2 is 2.00 bits per heavy atom. The molecule has 1 saturated heterocycles. The number of nitrogens with one attached hydrogen (secondary N) is 1. The second-order valence-electron chi connectivity index (χ2n) is 5.89. The van der Waals surface area contributed by atoms with Gasteiger partial charge in [0.25, 0.3) is 0 Å². The van der Waals surface area contributed by atoms with Gasteiger partial charge in [-0.1, -0.05) is 13.3 Å². The van der Waals surface area contributed by atoms with Crippen LogP contribution in [0.4, 0.5) is 0 Å². The standard InChI is InChI=1S/C15H26N2O2S2/c1-4-8-16-10-14-9-15(11-20-14)21(18,19)17-12(2)6-5-7-13(17)3/h9,11-13,16H,4-8,10H2,1-3H3/t12-,13+. The molecule has 4 nitrogen and oxygen atoms in total. The summed E-state index contributed by atoms with van der Waals surface area (Å²) in [5, 5.41) is 5.10. The maximum absolute atomic E-state index is 12.9. The molecule has 2 heterocycles. The van der Waals surface area contributed by atoms with Gasteiger partial charge in [0.1, 0.15) is 0 Å². The van der Waals surface area contributed by atoms with Gasteiger partial charge in [0.2, 0.25) is 10.0 Å². The summed E-state index contributed by atoms with van der Waals surface area (Å²) in [6.45, 7) is 7.86. The van der Waals surface area contributed by atoms with E-state index in [9.17, 15) is 8.42 Å². The molecule has 0 aromatic carbocycles. The lowest BCUT2D eigenvalue weighted by Crippen LogP contribution is -2.47. The number of thiophene rings is 1. The van der Waals surface area contributed by atoms with Crippen molar-refractivity contribution in [2.24, 2.45) is 0 Å². The van der Waals surface area contributed by atoms with Crippen LogP contribution in [-0.2, 0) is 16.6 Å². The van der Waals surface area contributed by atoms with Crippen molar-refractivity contribution in [2.45, 2.75) is 70.0 Å². The third kappa shape index (κ3) is 3.86. The van der Waals surface area contributed by atoms with E-state index in [-0.39, 0.29) is 12.1 Å². The molecule has 1 aliphatic rings. The molecule has 21 heavy (non-hydrogen) atoms. The molecule has 0 spiro atoms. The predicted molar refractivity (Wildman–Crippen MR) is 88.1 cm³/mol. The largest absolute Gasteiger partial charge is 0.312 e. The van der Waals surface area contributed by atoms with Gasteiger partial charge in [0.05, 0.1) is 4.90 Å². The zero-order chi connectivity index (χ0) is 15.5. The average molecular weight is 331 g/mol. The van der Waals surface area contributed by atoms with E-state index >= 15 is 0 Å². The Labute approximate surface area is 132 Å². The van der Waals surface area contributed by atoms with Crippen molar-refractivity contribution in [3.8, 4) is 0 Å². The van der Waals surface area contributed by atoms with E-state index in [1.54, 1.807) is 9.69 Å². The van der Waals surface area contributed by atoms with Gasteiger partial charge in [-0.15, -0.1) is 11.3 Å². The van der Waals surface area contributed by atoms with Gasteiger partial charge in [-0.3, -0.25) is 0 Å². The molecule has 2 atom stereocenters. The minimum absolute atomic E-state index is 0.0975. The van der Waals surface area contributed by atoms with Crippen LogP contribution in [0.2, 0.25) is 0 Å². The minimum Gasteiger partial charge on any atom is -0.312 e. The van der Waals surface area contributed by atoms with Crippen molar-refractivity contribution in [1.82, 2.24) is 9.62 Å². The van der Waals surface area contributed by atoms with Gasteiger partial charge in [0.15, 0.2) is 0 Å². The van der Waals surface area contributed by atoms with Crippen LogP contribution in [0.1, 0.15) is 51.3 Å². The first-order chi connectivity index (χ1) is 9.96. The maximum Gasteiger partial charge on any atom is 0.244 e. The fourth-order valence-corrected chi connectivity index (χ4v) is 6.08. The average Bonchev–Trinajstić information content (AvgIpc) is 2.88. The lowest BCUT2D eigenvalue weighted by atomic mass is 10.0. The van der Waals surface area contributed by atoms with E-state index in [2.05, 4.69) is 12.2 Å². The summed E-state index contributed by atoms with van der Waals surface area (Å²) in [7, 11) is -3.35. The molecule has 1 aromatic heterocycles. The molecular formula is C15H26N2O2S2. The third-order valence-corrected chi connectivity index (χ3v) is 7.24. The number of hydrogen-bond donors (Lipinski definition) is 1. The summed E-state index contributed by atoms with van der Waals surface area (Å²) in [4.78, 5) is 1.54. The van der Waals surface area contributed by atoms with Crippen LogP contribution in [0.15, 0.2) is 16.3 Å². The van der Waals surface area contributed by atoms with E-state index in [4.69, 9.17) is 0 Å². The van der Waals surface area contributed by atoms with E-state index in [0.717, 1.165) is 43.6 Å². The van der Waals surface area contributed by atoms with Gasteiger partial charge >= 0.3 is 0 Å². The van der Waals surface area contributed by atoms with Crippen LogP contribution < -0.4 is 5.32 Å². The molecule has 1 aromatic rings. The van der Waals surface area contributed by atoms with Crippen molar-refractivity contribution in [3.05, 3.63) is 16.3 Å². The zero-order valence-electron chi connectivity index (χ0n) is 13.1. The van der Waals surface area contributed by atoms with Gasteiger partial charge in [0, 0.05) is 28.9 Å². The lowest BCUT2D eigenvalue weighted by Gasteiger charge is -2.37. The highest BCUT2D eigenvalue weighted by molar-refractivity contribution is 7.89. The monoisotopic (exact) mass is 330 g/mol. The van der Waals surface area contributed by atoms with Crippen LogP contribution >= 0.6 is 11.3 Å². The molecule has 1 N–H and O–H groups in total. The fraction of sp³-hybridized carbons (Fsp3) is 0.733. The summed E-state index contributed by atoms with van der Waals surface area (Å²) in [6, 6.07) is 2.03. The van der Waals surface area contributed by atoms with Crippen LogP contribution in [0, 0.1) is 0 Å². The molecule has 0 unspecified atom stereocenters. The third-order valence-electron chi connectivity index (χ3n) is 4.04. The van der Waals surface area contributed by atoms with Crippen molar-refractivity contribution < 1.29 is 8.42 Å². The topological polar surface area (TPSA) is 49.4 Å². The second kappa shape index (κ2) is 7.22. The summed E-state index contributed by atoms with van der Waals surface area (Å²) < 4.78 is 27.4. The first kappa shape index (κ1) is 16.9. The molecule has 1 fully saturated rings. The maximum atomic E-state index is 12.9. The first-order valence-electron chi connectivity index (χ1n) is 7.78. The fourth-order valence-electron chi connectivity index (χ4n) is 2.97. The SMILES string of the molecule is CCCNCc1cc(S(=O)(=O)N2[C@H](C)CCC[C@@H]2C)cs1. The quantitative estimate of drug-likeness (QED) is 0.815. The predicted octanol–water partition coefficient (Wildman–Crippen LogP) is 3.20. The Hall–Kier alpha value is -0.430. The van der Waals surface area contributed by atoms with Crippen LogP contribution in [0.25, 0.3) is 0 Å². The molecule has 120 valence electrons. The molecule has 0 bridgehead atoms. The van der Waals surface area contributed by atoms with Crippen LogP contribution in [0.5, 0.6) is 0 Å². The van der Waals surface area contributed by atoms with Crippen molar-refractivity contribution in [2.75, 3.05) is 6.54 Å². The van der Waals surface area contributed by atoms with E-state index in [1.807, 2.05) is 19.9 Å². The molecule has 1 aliphatic heterocycles. The highest BCUT2D eigenvalue weighted by atomic mass is 32.2. The van der Waals surface area contributed by atoms with E-state index < -0.39 is 10.0 Å². The summed E-state index contributed by atoms with van der Waals surface area (Å²) >= 11 is 1.52. The molecule has 0 aliphatic carbocycles. The molecule has 0 radical (unpaired) electrons. The van der Waals surface area contributed by atoms with Gasteiger partial charge in [-0.05, 0) is 45.7 Å². The van der Waals surface area contributed by atoms with E-state index in [1.165, 1.54) is 11.3 Å². The first-order valence-corrected chi connectivity index (χ1v) is 10.1. The molecular weight excluding hydrogens is 304 g/mol. The second-order valence-corrected chi connectivity index (χ2v) is 8.73. The highest BCUT2D eigenvalue weighted by Crippen LogP contribution is 2.31. The smallest absolute Gasteiger partial charge is 0.244 e. The normalized spacial score (nSPS) is 24.3.